The Balaban J connectivity index is 0.000000370. The molecule has 3 heterocycles. The molecule has 2 aliphatic heterocycles. The molecule has 2 amide bonds. The first kappa shape index (κ1) is 22.7. The van der Waals surface area contributed by atoms with Crippen LogP contribution < -0.4 is 4.74 Å². The van der Waals surface area contributed by atoms with E-state index in [0.717, 1.165) is 31.6 Å². The molecule has 1 N–H and O–H groups in total. The lowest BCUT2D eigenvalue weighted by atomic mass is 9.89. The number of carboxylic acid groups (broad SMARTS) is 1. The number of aliphatic carboxylic acids is 1. The van der Waals surface area contributed by atoms with Crippen molar-refractivity contribution in [3.05, 3.63) is 24.5 Å². The summed E-state index contributed by atoms with van der Waals surface area (Å²) in [6.07, 6.45) is 1.16. The number of carboxylic acids is 1. The quantitative estimate of drug-likeness (QED) is 0.792. The smallest absolute Gasteiger partial charge is 0.486 e. The fraction of sp³-hybridized carbons (Fsp3) is 0.611. The van der Waals surface area contributed by atoms with Gasteiger partial charge in [-0.2, -0.15) is 13.2 Å². The van der Waals surface area contributed by atoms with Crippen LogP contribution >= 0.6 is 0 Å². The third-order valence-corrected chi connectivity index (χ3v) is 4.55. The number of piperidine rings is 1. The lowest BCUT2D eigenvalue weighted by Crippen LogP contribution is -2.52. The first-order valence-corrected chi connectivity index (χ1v) is 8.99. The second kappa shape index (κ2) is 9.29. The molecule has 0 aromatic carbocycles. The van der Waals surface area contributed by atoms with Crippen molar-refractivity contribution in [3.8, 4) is 5.75 Å². The average molecular weight is 419 g/mol. The number of carbonyl (C=O) groups excluding carboxylic acids is 1. The molecule has 8 nitrogen and oxygen atoms in total. The molecule has 162 valence electrons. The van der Waals surface area contributed by atoms with Gasteiger partial charge in [-0.25, -0.2) is 9.59 Å². The van der Waals surface area contributed by atoms with E-state index >= 15 is 0 Å². The van der Waals surface area contributed by atoms with E-state index in [-0.39, 0.29) is 17.7 Å². The van der Waals surface area contributed by atoms with Crippen LogP contribution in [0.25, 0.3) is 0 Å². The van der Waals surface area contributed by atoms with E-state index < -0.39 is 12.1 Å². The monoisotopic (exact) mass is 419 g/mol. The molecule has 0 bridgehead atoms. The van der Waals surface area contributed by atoms with Gasteiger partial charge in [0.2, 0.25) is 0 Å². The zero-order valence-electron chi connectivity index (χ0n) is 16.2. The Labute approximate surface area is 166 Å². The van der Waals surface area contributed by atoms with E-state index in [1.165, 1.54) is 0 Å². The summed E-state index contributed by atoms with van der Waals surface area (Å²) in [5, 5.41) is 7.12. The molecule has 2 saturated heterocycles. The number of nitrogens with zero attached hydrogens (tertiary/aromatic N) is 3. The van der Waals surface area contributed by atoms with E-state index in [1.54, 1.807) is 31.4 Å². The second-order valence-electron chi connectivity index (χ2n) is 7.13. The van der Waals surface area contributed by atoms with Gasteiger partial charge in [0, 0.05) is 33.3 Å². The number of aromatic nitrogens is 1. The number of ether oxygens (including phenoxy) is 2. The summed E-state index contributed by atoms with van der Waals surface area (Å²) in [4.78, 5) is 28.6. The van der Waals surface area contributed by atoms with E-state index in [1.807, 2.05) is 17.0 Å². The molecular weight excluding hydrogens is 395 g/mol. The number of urea groups is 1. The minimum absolute atomic E-state index is 0.0265. The lowest BCUT2D eigenvalue weighted by molar-refractivity contribution is -0.192. The fourth-order valence-electron chi connectivity index (χ4n) is 3.32. The molecule has 1 aromatic rings. The Hall–Kier alpha value is -2.56. The van der Waals surface area contributed by atoms with Gasteiger partial charge >= 0.3 is 18.2 Å². The summed E-state index contributed by atoms with van der Waals surface area (Å²) in [7, 11) is 3.57. The molecule has 0 saturated carbocycles. The van der Waals surface area contributed by atoms with Crippen molar-refractivity contribution in [1.29, 1.82) is 0 Å². The van der Waals surface area contributed by atoms with Gasteiger partial charge in [0.25, 0.3) is 0 Å². The molecule has 1 spiro atoms. The van der Waals surface area contributed by atoms with E-state index in [9.17, 15) is 18.0 Å². The Bertz CT molecular complexity index is 702. The first-order chi connectivity index (χ1) is 13.5. The Morgan fingerprint density at radius 3 is 2.66 bits per heavy atom. The zero-order chi connectivity index (χ0) is 21.7. The molecular formula is C18H24F3N3O5. The van der Waals surface area contributed by atoms with Gasteiger partial charge in [-0.15, -0.1) is 0 Å². The summed E-state index contributed by atoms with van der Waals surface area (Å²) < 4.78 is 43.7. The van der Waals surface area contributed by atoms with Crippen LogP contribution in [0.15, 0.2) is 24.5 Å². The third-order valence-electron chi connectivity index (χ3n) is 4.55. The van der Waals surface area contributed by atoms with Crippen LogP contribution in [0.1, 0.15) is 19.3 Å². The Morgan fingerprint density at radius 2 is 2.10 bits per heavy atom. The summed E-state index contributed by atoms with van der Waals surface area (Å²) in [5.41, 5.74) is -0.253. The molecule has 11 heteroatoms. The molecule has 2 fully saturated rings. The summed E-state index contributed by atoms with van der Waals surface area (Å²) >= 11 is 0. The second-order valence-corrected chi connectivity index (χ2v) is 7.13. The number of alkyl halides is 3. The number of rotatable bonds is 2. The SMILES string of the molecule is CN(C)C(=O)N1CCC[C@]2(C[C@@H](Oc3cccnc3)CO2)C1.O=C(O)C(F)(F)F. The number of amides is 2. The van der Waals surface area contributed by atoms with Gasteiger partial charge in [0.15, 0.2) is 0 Å². The Kier molecular flexibility index (Phi) is 7.28. The number of likely N-dealkylation sites (tertiary alicyclic amines) is 1. The number of halogens is 3. The maximum atomic E-state index is 12.2. The van der Waals surface area contributed by atoms with Crippen molar-refractivity contribution in [2.45, 2.75) is 37.1 Å². The average Bonchev–Trinajstić information content (AvgIpc) is 3.03. The number of hydrogen-bond acceptors (Lipinski definition) is 5. The lowest BCUT2D eigenvalue weighted by Gasteiger charge is -2.40. The predicted octanol–water partition coefficient (Wildman–Crippen LogP) is 2.40. The highest BCUT2D eigenvalue weighted by atomic mass is 19.4. The van der Waals surface area contributed by atoms with Crippen LogP contribution in [0.3, 0.4) is 0 Å². The molecule has 0 aliphatic carbocycles. The van der Waals surface area contributed by atoms with Crippen LogP contribution in [0.5, 0.6) is 5.75 Å². The molecule has 29 heavy (non-hydrogen) atoms. The Morgan fingerprint density at radius 1 is 1.41 bits per heavy atom. The number of pyridine rings is 1. The van der Waals surface area contributed by atoms with Crippen molar-refractivity contribution in [2.24, 2.45) is 0 Å². The minimum Gasteiger partial charge on any atom is -0.486 e. The van der Waals surface area contributed by atoms with Gasteiger partial charge in [0.05, 0.1) is 24.9 Å². The molecule has 0 radical (unpaired) electrons. The normalized spacial score (nSPS) is 23.9. The predicted molar refractivity (Wildman–Crippen MR) is 95.5 cm³/mol. The minimum atomic E-state index is -5.08. The standard InChI is InChI=1S/C16H23N3O3.C2HF3O2/c1-18(2)15(20)19-8-4-6-16(12-19)9-14(11-21-16)22-13-5-3-7-17-10-13;3-2(4,5)1(6)7/h3,5,7,10,14H,4,6,8-9,11-12H2,1-2H3;(H,6,7)/t14-,16+;/m1./s1. The highest BCUT2D eigenvalue weighted by molar-refractivity contribution is 5.74. The van der Waals surface area contributed by atoms with Gasteiger partial charge in [0.1, 0.15) is 11.9 Å². The summed E-state index contributed by atoms with van der Waals surface area (Å²) in [6.45, 7) is 2.02. The summed E-state index contributed by atoms with van der Waals surface area (Å²) in [5.74, 6) is -1.99. The molecule has 2 aliphatic rings. The van der Waals surface area contributed by atoms with Crippen molar-refractivity contribution in [2.75, 3.05) is 33.8 Å². The molecule has 3 rings (SSSR count). The van der Waals surface area contributed by atoms with Gasteiger partial charge < -0.3 is 24.4 Å². The largest absolute Gasteiger partial charge is 0.490 e. The van der Waals surface area contributed by atoms with Crippen molar-refractivity contribution < 1.29 is 37.3 Å². The number of carbonyl (C=O) groups is 2. The highest BCUT2D eigenvalue weighted by Crippen LogP contribution is 2.36. The van der Waals surface area contributed by atoms with Crippen LogP contribution in [-0.4, -0.2) is 83.6 Å². The van der Waals surface area contributed by atoms with Crippen molar-refractivity contribution in [1.82, 2.24) is 14.8 Å². The zero-order valence-corrected chi connectivity index (χ0v) is 16.2. The maximum absolute atomic E-state index is 12.2. The molecule has 1 aromatic heterocycles. The topological polar surface area (TPSA) is 92.2 Å². The number of hydrogen-bond donors (Lipinski definition) is 1. The third kappa shape index (κ3) is 6.48. The van der Waals surface area contributed by atoms with Crippen LogP contribution in [0.2, 0.25) is 0 Å². The van der Waals surface area contributed by atoms with Gasteiger partial charge in [-0.1, -0.05) is 0 Å². The van der Waals surface area contributed by atoms with Crippen molar-refractivity contribution in [3.63, 3.8) is 0 Å². The highest BCUT2D eigenvalue weighted by Gasteiger charge is 2.45. The van der Waals surface area contributed by atoms with Crippen LogP contribution in [0, 0.1) is 0 Å². The van der Waals surface area contributed by atoms with Gasteiger partial charge in [-0.3, -0.25) is 4.98 Å². The molecule has 2 atom stereocenters. The summed E-state index contributed by atoms with van der Waals surface area (Å²) in [6, 6.07) is 3.82. The fourth-order valence-corrected chi connectivity index (χ4v) is 3.32. The van der Waals surface area contributed by atoms with Crippen LogP contribution in [-0.2, 0) is 9.53 Å². The van der Waals surface area contributed by atoms with Crippen molar-refractivity contribution >= 4 is 12.0 Å². The van der Waals surface area contributed by atoms with Gasteiger partial charge in [-0.05, 0) is 25.0 Å². The van der Waals surface area contributed by atoms with E-state index in [4.69, 9.17) is 19.4 Å². The maximum Gasteiger partial charge on any atom is 0.490 e. The van der Waals surface area contributed by atoms with E-state index in [0.29, 0.717) is 13.2 Å². The first-order valence-electron chi connectivity index (χ1n) is 8.99. The van der Waals surface area contributed by atoms with E-state index in [2.05, 4.69) is 4.98 Å². The molecule has 0 unspecified atom stereocenters. The van der Waals surface area contributed by atoms with Crippen LogP contribution in [0.4, 0.5) is 18.0 Å².